The van der Waals surface area contributed by atoms with Gasteiger partial charge in [-0.3, -0.25) is 14.5 Å². The number of fused-ring (bicyclic) bond motifs is 1. The lowest BCUT2D eigenvalue weighted by atomic mass is 10.1. The second-order valence-corrected chi connectivity index (χ2v) is 8.36. The fraction of sp³-hybridized carbons (Fsp3) is 0.520. The first-order chi connectivity index (χ1) is 16.5. The number of aromatic nitrogens is 1. The van der Waals surface area contributed by atoms with Crippen LogP contribution >= 0.6 is 0 Å². The van der Waals surface area contributed by atoms with Crippen molar-refractivity contribution in [2.75, 3.05) is 54.2 Å². The van der Waals surface area contributed by atoms with Gasteiger partial charge in [-0.1, -0.05) is 19.4 Å². The van der Waals surface area contributed by atoms with Gasteiger partial charge in [0.2, 0.25) is 5.75 Å². The zero-order valence-corrected chi connectivity index (χ0v) is 20.4. The van der Waals surface area contributed by atoms with Gasteiger partial charge in [-0.25, -0.2) is 0 Å². The Morgan fingerprint density at radius 1 is 1.03 bits per heavy atom. The van der Waals surface area contributed by atoms with Gasteiger partial charge in [-0.05, 0) is 25.0 Å². The van der Waals surface area contributed by atoms with Crippen molar-refractivity contribution in [3.05, 3.63) is 29.6 Å². The molecule has 0 spiro atoms. The summed E-state index contributed by atoms with van der Waals surface area (Å²) in [6.45, 7) is 5.51. The quantitative estimate of drug-likeness (QED) is 0.547. The Morgan fingerprint density at radius 3 is 2.41 bits per heavy atom. The number of aryl methyl sites for hydroxylation is 1. The Labute approximate surface area is 199 Å². The van der Waals surface area contributed by atoms with E-state index in [2.05, 4.69) is 6.92 Å². The van der Waals surface area contributed by atoms with Gasteiger partial charge >= 0.3 is 0 Å². The molecule has 3 heterocycles. The smallest absolute Gasteiger partial charge is 0.277 e. The molecule has 0 bridgehead atoms. The van der Waals surface area contributed by atoms with Gasteiger partial charge in [0.15, 0.2) is 11.5 Å². The summed E-state index contributed by atoms with van der Waals surface area (Å²) in [4.78, 5) is 30.6. The van der Waals surface area contributed by atoms with Crippen molar-refractivity contribution in [2.45, 2.75) is 32.7 Å². The summed E-state index contributed by atoms with van der Waals surface area (Å²) in [5.74, 6) is 0.929. The monoisotopic (exact) mass is 471 g/mol. The third kappa shape index (κ3) is 4.20. The van der Waals surface area contributed by atoms with Crippen LogP contribution in [0.4, 0.5) is 0 Å². The first kappa shape index (κ1) is 23.9. The predicted molar refractivity (Wildman–Crippen MR) is 128 cm³/mol. The molecule has 0 unspecified atom stereocenters. The lowest BCUT2D eigenvalue weighted by Gasteiger charge is -2.35. The first-order valence-electron chi connectivity index (χ1n) is 11.8. The number of morpholine rings is 1. The van der Waals surface area contributed by atoms with Crippen molar-refractivity contribution in [3.8, 4) is 17.2 Å². The van der Waals surface area contributed by atoms with E-state index in [9.17, 15) is 9.59 Å². The van der Waals surface area contributed by atoms with Gasteiger partial charge in [-0.15, -0.1) is 0 Å². The van der Waals surface area contributed by atoms with Crippen molar-refractivity contribution in [1.82, 2.24) is 14.4 Å². The van der Waals surface area contributed by atoms with E-state index in [1.165, 1.54) is 4.90 Å². The molecule has 2 amide bonds. The molecule has 9 heteroatoms. The molecule has 0 N–H and O–H groups in total. The van der Waals surface area contributed by atoms with E-state index in [-0.39, 0.29) is 11.8 Å². The second-order valence-electron chi connectivity index (χ2n) is 8.36. The zero-order valence-electron chi connectivity index (χ0n) is 20.4. The fourth-order valence-corrected chi connectivity index (χ4v) is 4.68. The molecule has 2 aromatic rings. The molecular weight excluding hydrogens is 438 g/mol. The van der Waals surface area contributed by atoms with Gasteiger partial charge in [0.25, 0.3) is 11.8 Å². The molecule has 34 heavy (non-hydrogen) atoms. The number of hydrogen-bond acceptors (Lipinski definition) is 7. The normalized spacial score (nSPS) is 16.6. The van der Waals surface area contributed by atoms with Crippen LogP contribution in [0.5, 0.6) is 17.2 Å². The molecular formula is C25H33N3O6. The molecule has 0 saturated carbocycles. The summed E-state index contributed by atoms with van der Waals surface area (Å²) < 4.78 is 24.2. The Hall–Kier alpha value is -3.20. The van der Waals surface area contributed by atoms with Crippen LogP contribution in [0.15, 0.2) is 23.9 Å². The highest BCUT2D eigenvalue weighted by atomic mass is 16.5. The maximum absolute atomic E-state index is 13.8. The van der Waals surface area contributed by atoms with Gasteiger partial charge in [-0.2, -0.15) is 0 Å². The SMILES string of the molecule is CCCCn1c(C(=O)N2CCC=C(N3CCOCC3)C2=O)cc2cc(OC)c(OC)c(OC)c21. The maximum atomic E-state index is 13.8. The second kappa shape index (κ2) is 10.4. The number of carbonyl (C=O) groups is 2. The largest absolute Gasteiger partial charge is 0.493 e. The van der Waals surface area contributed by atoms with Crippen LogP contribution in [-0.4, -0.2) is 80.4 Å². The van der Waals surface area contributed by atoms with E-state index in [1.807, 2.05) is 27.7 Å². The first-order valence-corrected chi connectivity index (χ1v) is 11.8. The van der Waals surface area contributed by atoms with E-state index in [0.29, 0.717) is 74.5 Å². The van der Waals surface area contributed by atoms with Crippen molar-refractivity contribution in [3.63, 3.8) is 0 Å². The Morgan fingerprint density at radius 2 is 1.76 bits per heavy atom. The summed E-state index contributed by atoms with van der Waals surface area (Å²) in [7, 11) is 4.70. The molecule has 2 aliphatic heterocycles. The number of nitrogens with zero attached hydrogens (tertiary/aromatic N) is 3. The zero-order chi connectivity index (χ0) is 24.2. The fourth-order valence-electron chi connectivity index (χ4n) is 4.68. The number of benzene rings is 1. The summed E-state index contributed by atoms with van der Waals surface area (Å²) in [6.07, 6.45) is 4.39. The Kier molecular flexibility index (Phi) is 7.31. The number of carbonyl (C=O) groups excluding carboxylic acids is 2. The molecule has 0 aliphatic carbocycles. The lowest BCUT2D eigenvalue weighted by Crippen LogP contribution is -2.47. The minimum atomic E-state index is -0.309. The number of methoxy groups -OCH3 is 3. The number of hydrogen-bond donors (Lipinski definition) is 0. The van der Waals surface area contributed by atoms with Gasteiger partial charge in [0.1, 0.15) is 5.69 Å². The number of imide groups is 1. The third-order valence-electron chi connectivity index (χ3n) is 6.39. The number of ether oxygens (including phenoxy) is 4. The minimum Gasteiger partial charge on any atom is -0.493 e. The average molecular weight is 472 g/mol. The van der Waals surface area contributed by atoms with Crippen LogP contribution in [0.2, 0.25) is 0 Å². The van der Waals surface area contributed by atoms with Crippen LogP contribution < -0.4 is 14.2 Å². The van der Waals surface area contributed by atoms with E-state index >= 15 is 0 Å². The van der Waals surface area contributed by atoms with E-state index in [0.717, 1.165) is 23.7 Å². The number of rotatable bonds is 8. The van der Waals surface area contributed by atoms with Gasteiger partial charge in [0.05, 0.1) is 45.8 Å². The van der Waals surface area contributed by atoms with Crippen molar-refractivity contribution in [2.24, 2.45) is 0 Å². The molecule has 2 aliphatic rings. The molecule has 1 fully saturated rings. The van der Waals surface area contributed by atoms with Gasteiger partial charge < -0.3 is 28.4 Å². The van der Waals surface area contributed by atoms with Crippen molar-refractivity contribution >= 4 is 22.7 Å². The Balaban J connectivity index is 1.77. The predicted octanol–water partition coefficient (Wildman–Crippen LogP) is 3.06. The van der Waals surface area contributed by atoms with Crippen LogP contribution in [-0.2, 0) is 16.1 Å². The van der Waals surface area contributed by atoms with Crippen LogP contribution in [0.25, 0.3) is 10.9 Å². The highest BCUT2D eigenvalue weighted by molar-refractivity contribution is 6.11. The molecule has 4 rings (SSSR count). The summed E-state index contributed by atoms with van der Waals surface area (Å²) in [5, 5.41) is 0.794. The standard InChI is InChI=1S/C25H33N3O6/c1-5-6-9-27-19(15-17-16-20(31-2)22(32-3)23(33-4)21(17)27)25(30)28-10-7-8-18(24(28)29)26-11-13-34-14-12-26/h8,15-16H,5-7,9-14H2,1-4H3. The van der Waals surface area contributed by atoms with Crippen molar-refractivity contribution in [1.29, 1.82) is 0 Å². The molecule has 184 valence electrons. The molecule has 1 saturated heterocycles. The van der Waals surface area contributed by atoms with Crippen LogP contribution in [0, 0.1) is 0 Å². The van der Waals surface area contributed by atoms with Crippen molar-refractivity contribution < 1.29 is 28.5 Å². The number of unbranched alkanes of at least 4 members (excludes halogenated alkanes) is 1. The van der Waals surface area contributed by atoms with Gasteiger partial charge in [0, 0.05) is 31.6 Å². The van der Waals surface area contributed by atoms with E-state index in [1.54, 1.807) is 21.3 Å². The Bertz CT molecular complexity index is 1100. The third-order valence-corrected chi connectivity index (χ3v) is 6.39. The topological polar surface area (TPSA) is 82.5 Å². The van der Waals surface area contributed by atoms with Crippen LogP contribution in [0.3, 0.4) is 0 Å². The minimum absolute atomic E-state index is 0.257. The summed E-state index contributed by atoms with van der Waals surface area (Å²) in [6, 6.07) is 3.66. The molecule has 1 aromatic heterocycles. The maximum Gasteiger partial charge on any atom is 0.277 e. The number of amides is 2. The highest BCUT2D eigenvalue weighted by Gasteiger charge is 2.34. The summed E-state index contributed by atoms with van der Waals surface area (Å²) in [5.41, 5.74) is 1.79. The molecule has 0 atom stereocenters. The molecule has 1 aromatic carbocycles. The van der Waals surface area contributed by atoms with E-state index < -0.39 is 0 Å². The van der Waals surface area contributed by atoms with Crippen LogP contribution in [0.1, 0.15) is 36.7 Å². The lowest BCUT2D eigenvalue weighted by molar-refractivity contribution is -0.127. The molecule has 0 radical (unpaired) electrons. The molecule has 9 nitrogen and oxygen atoms in total. The highest BCUT2D eigenvalue weighted by Crippen LogP contribution is 2.44. The average Bonchev–Trinajstić information content (AvgIpc) is 3.24. The summed E-state index contributed by atoms with van der Waals surface area (Å²) >= 11 is 0. The van der Waals surface area contributed by atoms with E-state index in [4.69, 9.17) is 18.9 Å².